The van der Waals surface area contributed by atoms with Crippen molar-refractivity contribution < 1.29 is 4.63 Å². The van der Waals surface area contributed by atoms with E-state index in [1.165, 1.54) is 0 Å². The molecule has 0 fully saturated rings. The third-order valence-electron chi connectivity index (χ3n) is 2.68. The molecule has 0 atom stereocenters. The van der Waals surface area contributed by atoms with Gasteiger partial charge in [0.1, 0.15) is 0 Å². The molecule has 3 aromatic rings. The molecule has 2 heterocycles. The predicted molar refractivity (Wildman–Crippen MR) is 67.8 cm³/mol. The van der Waals surface area contributed by atoms with Crippen LogP contribution >= 0.6 is 0 Å². The lowest BCUT2D eigenvalue weighted by Gasteiger charge is -2.06. The highest BCUT2D eigenvalue weighted by molar-refractivity contribution is 5.94. The predicted octanol–water partition coefficient (Wildman–Crippen LogP) is 1.81. The molecule has 0 aliphatic rings. The standard InChI is InChI=1S/C12H11N5O/c13-9-1-2-10(12-11(9)16-18-17-12)15-7-8-3-5-14-6-4-8/h1-6,15H,7,13H2. The van der Waals surface area contributed by atoms with Crippen LogP contribution < -0.4 is 11.1 Å². The zero-order valence-corrected chi connectivity index (χ0v) is 9.50. The summed E-state index contributed by atoms with van der Waals surface area (Å²) in [4.78, 5) is 3.97. The molecule has 90 valence electrons. The van der Waals surface area contributed by atoms with Crippen LogP contribution in [0.3, 0.4) is 0 Å². The van der Waals surface area contributed by atoms with Gasteiger partial charge in [-0.15, -0.1) is 0 Å². The number of nitrogens with one attached hydrogen (secondary N) is 1. The SMILES string of the molecule is Nc1ccc(NCc2ccncc2)c2nonc12. The Morgan fingerprint density at radius 1 is 1.06 bits per heavy atom. The second-order valence-corrected chi connectivity index (χ2v) is 3.87. The van der Waals surface area contributed by atoms with Gasteiger partial charge >= 0.3 is 0 Å². The summed E-state index contributed by atoms with van der Waals surface area (Å²) in [6, 6.07) is 7.54. The molecular weight excluding hydrogens is 230 g/mol. The second kappa shape index (κ2) is 4.33. The number of anilines is 2. The average Bonchev–Trinajstić information content (AvgIpc) is 2.90. The zero-order valence-electron chi connectivity index (χ0n) is 9.50. The number of rotatable bonds is 3. The fraction of sp³-hybridized carbons (Fsp3) is 0.0833. The van der Waals surface area contributed by atoms with Gasteiger partial charge in [-0.3, -0.25) is 4.98 Å². The zero-order chi connectivity index (χ0) is 12.4. The van der Waals surface area contributed by atoms with Crippen molar-refractivity contribution in [3.05, 3.63) is 42.2 Å². The molecule has 0 saturated carbocycles. The highest BCUT2D eigenvalue weighted by atomic mass is 16.6. The van der Waals surface area contributed by atoms with Crippen molar-refractivity contribution in [3.63, 3.8) is 0 Å². The normalized spacial score (nSPS) is 10.7. The fourth-order valence-corrected chi connectivity index (χ4v) is 1.73. The maximum absolute atomic E-state index is 5.78. The summed E-state index contributed by atoms with van der Waals surface area (Å²) in [7, 11) is 0. The van der Waals surface area contributed by atoms with Gasteiger partial charge in [-0.2, -0.15) is 0 Å². The summed E-state index contributed by atoms with van der Waals surface area (Å²) in [6.07, 6.45) is 3.51. The van der Waals surface area contributed by atoms with E-state index in [9.17, 15) is 0 Å². The molecule has 0 saturated heterocycles. The molecule has 0 aliphatic heterocycles. The Morgan fingerprint density at radius 2 is 1.83 bits per heavy atom. The lowest BCUT2D eigenvalue weighted by atomic mass is 10.2. The molecule has 3 N–H and O–H groups in total. The number of nitrogens with zero attached hydrogens (tertiary/aromatic N) is 3. The quantitative estimate of drug-likeness (QED) is 0.680. The number of aromatic nitrogens is 3. The van der Waals surface area contributed by atoms with Crippen LogP contribution in [0.5, 0.6) is 0 Å². The number of pyridine rings is 1. The number of nitrogens with two attached hydrogens (primary N) is 1. The molecule has 0 spiro atoms. The third-order valence-corrected chi connectivity index (χ3v) is 2.68. The molecule has 18 heavy (non-hydrogen) atoms. The van der Waals surface area contributed by atoms with Crippen LogP contribution in [0.2, 0.25) is 0 Å². The van der Waals surface area contributed by atoms with Crippen molar-refractivity contribution >= 4 is 22.4 Å². The van der Waals surface area contributed by atoms with Gasteiger partial charge in [0, 0.05) is 18.9 Å². The van der Waals surface area contributed by atoms with Gasteiger partial charge in [0.05, 0.1) is 11.4 Å². The van der Waals surface area contributed by atoms with Crippen LogP contribution in [0.25, 0.3) is 11.0 Å². The summed E-state index contributed by atoms with van der Waals surface area (Å²) in [5.41, 5.74) is 9.53. The molecular formula is C12H11N5O. The van der Waals surface area contributed by atoms with E-state index in [1.54, 1.807) is 18.5 Å². The van der Waals surface area contributed by atoms with Gasteiger partial charge in [0.2, 0.25) is 0 Å². The largest absolute Gasteiger partial charge is 0.397 e. The summed E-state index contributed by atoms with van der Waals surface area (Å²) >= 11 is 0. The van der Waals surface area contributed by atoms with Gasteiger partial charge in [-0.25, -0.2) is 4.63 Å². The summed E-state index contributed by atoms with van der Waals surface area (Å²) in [5.74, 6) is 0. The topological polar surface area (TPSA) is 89.9 Å². The maximum Gasteiger partial charge on any atom is 0.160 e. The van der Waals surface area contributed by atoms with Crippen LogP contribution in [0, 0.1) is 0 Å². The van der Waals surface area contributed by atoms with E-state index in [0.717, 1.165) is 11.3 Å². The minimum atomic E-state index is 0.556. The van der Waals surface area contributed by atoms with Crippen LogP contribution in [-0.4, -0.2) is 15.3 Å². The van der Waals surface area contributed by atoms with E-state index < -0.39 is 0 Å². The van der Waals surface area contributed by atoms with Crippen molar-refractivity contribution in [2.24, 2.45) is 0 Å². The first-order chi connectivity index (χ1) is 8.84. The van der Waals surface area contributed by atoms with Crippen molar-refractivity contribution in [2.75, 3.05) is 11.1 Å². The Labute approximate surface area is 103 Å². The Morgan fingerprint density at radius 3 is 2.67 bits per heavy atom. The first-order valence-electron chi connectivity index (χ1n) is 5.48. The van der Waals surface area contributed by atoms with E-state index in [-0.39, 0.29) is 0 Å². The van der Waals surface area contributed by atoms with Gasteiger partial charge in [0.25, 0.3) is 0 Å². The Bertz CT molecular complexity index is 665. The molecule has 0 amide bonds. The van der Waals surface area contributed by atoms with Crippen LogP contribution in [-0.2, 0) is 6.54 Å². The van der Waals surface area contributed by atoms with E-state index in [2.05, 4.69) is 20.6 Å². The summed E-state index contributed by atoms with van der Waals surface area (Å²) in [5, 5.41) is 10.9. The number of nitrogen functional groups attached to an aromatic ring is 1. The van der Waals surface area contributed by atoms with E-state index >= 15 is 0 Å². The maximum atomic E-state index is 5.78. The number of fused-ring (bicyclic) bond motifs is 1. The highest BCUT2D eigenvalue weighted by Gasteiger charge is 2.09. The Kier molecular flexibility index (Phi) is 2.53. The summed E-state index contributed by atoms with van der Waals surface area (Å²) < 4.78 is 4.71. The molecule has 0 bridgehead atoms. The fourth-order valence-electron chi connectivity index (χ4n) is 1.73. The monoisotopic (exact) mass is 241 g/mol. The van der Waals surface area contributed by atoms with Gasteiger partial charge < -0.3 is 11.1 Å². The minimum absolute atomic E-state index is 0.556. The molecule has 0 unspecified atom stereocenters. The molecule has 0 radical (unpaired) electrons. The molecule has 6 heteroatoms. The van der Waals surface area contributed by atoms with Crippen molar-refractivity contribution in [2.45, 2.75) is 6.54 Å². The molecule has 3 rings (SSSR count). The first-order valence-corrected chi connectivity index (χ1v) is 5.48. The highest BCUT2D eigenvalue weighted by Crippen LogP contribution is 2.25. The van der Waals surface area contributed by atoms with E-state index in [1.807, 2.05) is 18.2 Å². The van der Waals surface area contributed by atoms with E-state index in [0.29, 0.717) is 23.3 Å². The van der Waals surface area contributed by atoms with E-state index in [4.69, 9.17) is 10.4 Å². The van der Waals surface area contributed by atoms with Crippen molar-refractivity contribution in [1.82, 2.24) is 15.3 Å². The van der Waals surface area contributed by atoms with Crippen LogP contribution in [0.15, 0.2) is 41.3 Å². The van der Waals surface area contributed by atoms with Crippen LogP contribution in [0.4, 0.5) is 11.4 Å². The van der Waals surface area contributed by atoms with Crippen molar-refractivity contribution in [1.29, 1.82) is 0 Å². The molecule has 6 nitrogen and oxygen atoms in total. The van der Waals surface area contributed by atoms with Crippen molar-refractivity contribution in [3.8, 4) is 0 Å². The number of benzene rings is 1. The molecule has 2 aromatic heterocycles. The summed E-state index contributed by atoms with van der Waals surface area (Å²) in [6.45, 7) is 0.675. The average molecular weight is 241 g/mol. The number of hydrogen-bond acceptors (Lipinski definition) is 6. The van der Waals surface area contributed by atoms with Crippen LogP contribution in [0.1, 0.15) is 5.56 Å². The minimum Gasteiger partial charge on any atom is -0.397 e. The van der Waals surface area contributed by atoms with Gasteiger partial charge in [-0.1, -0.05) is 0 Å². The number of hydrogen-bond donors (Lipinski definition) is 2. The Hall–Kier alpha value is -2.63. The smallest absolute Gasteiger partial charge is 0.160 e. The molecule has 0 aliphatic carbocycles. The first kappa shape index (κ1) is 10.5. The van der Waals surface area contributed by atoms with Gasteiger partial charge in [-0.05, 0) is 40.1 Å². The second-order valence-electron chi connectivity index (χ2n) is 3.87. The lowest BCUT2D eigenvalue weighted by molar-refractivity contribution is 0.316. The lowest BCUT2D eigenvalue weighted by Crippen LogP contribution is -2.00. The molecule has 1 aromatic carbocycles. The van der Waals surface area contributed by atoms with Gasteiger partial charge in [0.15, 0.2) is 11.0 Å². The Balaban J connectivity index is 1.87. The third kappa shape index (κ3) is 1.84.